The molecule has 0 unspecified atom stereocenters. The summed E-state index contributed by atoms with van der Waals surface area (Å²) in [5, 5.41) is 4.15. The average molecular weight is 486 g/mol. The number of hydrogen-bond acceptors (Lipinski definition) is 1. The van der Waals surface area contributed by atoms with E-state index in [4.69, 9.17) is 0 Å². The molecular weight excluding hydrogens is 480 g/mol. The third-order valence-corrected chi connectivity index (χ3v) is 11.6. The van der Waals surface area contributed by atoms with E-state index in [1.807, 2.05) is 12.1 Å². The molecule has 1 aliphatic rings. The van der Waals surface area contributed by atoms with Crippen LogP contribution in [0.1, 0.15) is 4.88 Å². The lowest BCUT2D eigenvalue weighted by molar-refractivity contribution is 1.93. The summed E-state index contributed by atoms with van der Waals surface area (Å²) < 4.78 is -2.84. The molecule has 6 heteroatoms. The Hall–Kier alpha value is 1.45. The van der Waals surface area contributed by atoms with Gasteiger partial charge in [-0.1, -0.05) is 14.2 Å². The van der Waals surface area contributed by atoms with Crippen molar-refractivity contribution in [3.05, 3.63) is 40.0 Å². The van der Waals surface area contributed by atoms with Crippen molar-refractivity contribution in [2.75, 3.05) is 0 Å². The Morgan fingerprint density at radius 2 is 1.86 bits per heavy atom. The summed E-state index contributed by atoms with van der Waals surface area (Å²) in [5.74, 6) is 0. The summed E-state index contributed by atoms with van der Waals surface area (Å²) in [5.41, 5.74) is 0. The molecule has 14 heavy (non-hydrogen) atoms. The van der Waals surface area contributed by atoms with Gasteiger partial charge in [0.15, 0.2) is 0 Å². The highest BCUT2D eigenvalue weighted by Crippen LogP contribution is 3.18. The van der Waals surface area contributed by atoms with Gasteiger partial charge in [0, 0.05) is 9.78 Å². The van der Waals surface area contributed by atoms with Crippen LogP contribution in [-0.2, 0) is 0 Å². The van der Waals surface area contributed by atoms with E-state index >= 15 is 0 Å². The molecule has 0 spiro atoms. The van der Waals surface area contributed by atoms with Crippen LogP contribution in [0.5, 0.6) is 0 Å². The van der Waals surface area contributed by atoms with Gasteiger partial charge in [-0.15, -0.1) is 11.3 Å². The van der Waals surface area contributed by atoms with E-state index in [0.29, 0.717) is 0 Å². The van der Waals surface area contributed by atoms with E-state index in [1.54, 1.807) is 11.3 Å². The van der Waals surface area contributed by atoms with Gasteiger partial charge < -0.3 is 0 Å². The van der Waals surface area contributed by atoms with Crippen LogP contribution in [0.3, 0.4) is 0 Å². The Morgan fingerprint density at radius 3 is 2.29 bits per heavy atom. The number of halogens is 4. The van der Waals surface area contributed by atoms with Crippen LogP contribution in [-0.4, -0.2) is 0 Å². The number of rotatable bonds is 1. The highest BCUT2D eigenvalue weighted by molar-refractivity contribution is 10.5. The highest BCUT2D eigenvalue weighted by Gasteiger charge is 2.55. The molecule has 78 valence electrons. The molecular formula is C8H6Br4S2. The van der Waals surface area contributed by atoms with Crippen molar-refractivity contribution < 1.29 is 0 Å². The van der Waals surface area contributed by atoms with Crippen LogP contribution in [0.2, 0.25) is 0 Å². The van der Waals surface area contributed by atoms with Crippen molar-refractivity contribution in [1.29, 1.82) is 0 Å². The molecule has 1 aromatic heterocycles. The van der Waals surface area contributed by atoms with Gasteiger partial charge in [-0.2, -0.15) is 0 Å². The van der Waals surface area contributed by atoms with Gasteiger partial charge in [-0.25, -0.2) is 0 Å². The summed E-state index contributed by atoms with van der Waals surface area (Å²) >= 11 is 16.8. The molecule has 0 radical (unpaired) electrons. The normalized spacial score (nSPS) is 31.0. The lowest BCUT2D eigenvalue weighted by atomic mass is 10.4. The molecule has 0 aliphatic carbocycles. The first-order valence-corrected chi connectivity index (χ1v) is 14.4. The summed E-state index contributed by atoms with van der Waals surface area (Å²) in [4.78, 5) is 2.43. The van der Waals surface area contributed by atoms with E-state index in [-0.39, 0.29) is 0 Å². The minimum Gasteiger partial charge on any atom is -0.143 e. The predicted molar refractivity (Wildman–Crippen MR) is 84.7 cm³/mol. The molecule has 0 saturated heterocycles. The molecule has 0 fully saturated rings. The molecule has 0 aromatic carbocycles. The van der Waals surface area contributed by atoms with Crippen LogP contribution < -0.4 is 0 Å². The third kappa shape index (κ3) is 2.11. The van der Waals surface area contributed by atoms with Crippen molar-refractivity contribution in [3.63, 3.8) is 0 Å². The zero-order valence-corrected chi connectivity index (χ0v) is 14.8. The molecule has 2 rings (SSSR count). The van der Waals surface area contributed by atoms with Crippen molar-refractivity contribution in [1.82, 2.24) is 0 Å². The second-order valence-electron chi connectivity index (χ2n) is 2.97. The fourth-order valence-corrected chi connectivity index (χ4v) is 10.2. The predicted octanol–water partition coefficient (Wildman–Crippen LogP) is 6.73. The molecule has 0 bridgehead atoms. The van der Waals surface area contributed by atoms with Crippen LogP contribution >= 0.6 is 72.6 Å². The quantitative estimate of drug-likeness (QED) is 0.413. The van der Waals surface area contributed by atoms with Crippen molar-refractivity contribution in [2.24, 2.45) is 0 Å². The van der Waals surface area contributed by atoms with Gasteiger partial charge in [0.1, 0.15) is 0 Å². The SMILES string of the molecule is BrS1(Br)(Br)(Br)C=CC=C1c1cccs1. The second-order valence-corrected chi connectivity index (χ2v) is 42.6. The van der Waals surface area contributed by atoms with E-state index in [9.17, 15) is 0 Å². The first-order valence-electron chi connectivity index (χ1n) is 3.66. The van der Waals surface area contributed by atoms with Crippen molar-refractivity contribution >= 4 is 77.5 Å². The molecule has 0 atom stereocenters. The van der Waals surface area contributed by atoms with Crippen molar-refractivity contribution in [2.45, 2.75) is 0 Å². The summed E-state index contributed by atoms with van der Waals surface area (Å²) in [6.45, 7) is 0. The molecule has 1 aliphatic heterocycles. The van der Waals surface area contributed by atoms with E-state index in [2.05, 4.69) is 82.2 Å². The Balaban J connectivity index is 2.63. The van der Waals surface area contributed by atoms with Gasteiger partial charge in [0.05, 0.1) is 0 Å². The van der Waals surface area contributed by atoms with Crippen LogP contribution in [0, 0.1) is 0 Å². The molecule has 0 nitrogen and oxygen atoms in total. The standard InChI is InChI=1S/C8H6Br4S2/c9-14(10,11,12)6-2-4-8(14)7-3-1-5-13-7/h1-6H. The molecule has 0 N–H and O–H groups in total. The lowest BCUT2D eigenvalue weighted by Crippen LogP contribution is -1.98. The lowest BCUT2D eigenvalue weighted by Gasteiger charge is -2.56. The molecule has 2 heterocycles. The monoisotopic (exact) mass is 482 g/mol. The van der Waals surface area contributed by atoms with E-state index < -0.39 is 2.03 Å². The number of thiophene rings is 1. The zero-order valence-electron chi connectivity index (χ0n) is 6.79. The maximum absolute atomic E-state index is 3.76. The van der Waals surface area contributed by atoms with E-state index in [0.717, 1.165) is 0 Å². The van der Waals surface area contributed by atoms with Crippen LogP contribution in [0.15, 0.2) is 35.1 Å². The Labute approximate surface area is 116 Å². The average Bonchev–Trinajstić information content (AvgIpc) is 2.52. The Bertz CT molecular complexity index is 434. The van der Waals surface area contributed by atoms with Gasteiger partial charge in [-0.3, -0.25) is 0 Å². The van der Waals surface area contributed by atoms with Crippen molar-refractivity contribution in [3.8, 4) is 0 Å². The second kappa shape index (κ2) is 3.01. The maximum Gasteiger partial charge on any atom is 0.0410 e. The van der Waals surface area contributed by atoms with E-state index in [1.165, 1.54) is 9.78 Å². The molecule has 0 amide bonds. The number of hydrogen-bond donors (Lipinski definition) is 0. The fourth-order valence-electron chi connectivity index (χ4n) is 1.21. The minimum atomic E-state index is -2.84. The van der Waals surface area contributed by atoms with Gasteiger partial charge in [0.2, 0.25) is 0 Å². The number of allylic oxidation sites excluding steroid dienone is 2. The van der Waals surface area contributed by atoms with Crippen LogP contribution in [0.25, 0.3) is 4.91 Å². The molecule has 1 aromatic rings. The zero-order chi connectivity index (χ0) is 10.5. The maximum atomic E-state index is 3.76. The Morgan fingerprint density at radius 1 is 1.14 bits per heavy atom. The topological polar surface area (TPSA) is 0 Å². The van der Waals surface area contributed by atoms with Gasteiger partial charge in [-0.05, 0) is 82.2 Å². The molecule has 0 saturated carbocycles. The van der Waals surface area contributed by atoms with Gasteiger partial charge >= 0.3 is 0 Å². The summed E-state index contributed by atoms with van der Waals surface area (Å²) in [6, 6.07) is 4.15. The summed E-state index contributed by atoms with van der Waals surface area (Å²) in [6.07, 6.45) is 4.13. The largest absolute Gasteiger partial charge is 0.143 e. The smallest absolute Gasteiger partial charge is 0.0410 e. The minimum absolute atomic E-state index is 1.19. The fraction of sp³-hybridized carbons (Fsp3) is 0. The van der Waals surface area contributed by atoms with Crippen LogP contribution in [0.4, 0.5) is 0 Å². The summed E-state index contributed by atoms with van der Waals surface area (Å²) in [7, 11) is 0. The Kier molecular flexibility index (Phi) is 2.57. The highest BCUT2D eigenvalue weighted by atomic mass is 80.0. The third-order valence-electron chi connectivity index (χ3n) is 1.82. The van der Waals surface area contributed by atoms with Gasteiger partial charge in [0.25, 0.3) is 0 Å². The first-order chi connectivity index (χ1) is 6.22. The first kappa shape index (κ1) is 11.9.